The van der Waals surface area contributed by atoms with Gasteiger partial charge in [0.25, 0.3) is 5.56 Å². The summed E-state index contributed by atoms with van der Waals surface area (Å²) in [5.41, 5.74) is -0.269. The number of pyridine rings is 1. The summed E-state index contributed by atoms with van der Waals surface area (Å²) in [5, 5.41) is 11.2. The Kier molecular flexibility index (Phi) is 3.91. The number of halogens is 1. The molecule has 0 saturated heterocycles. The minimum atomic E-state index is -0.538. The minimum absolute atomic E-state index is 0.0361. The van der Waals surface area contributed by atoms with E-state index in [0.717, 1.165) is 4.57 Å². The molecular weight excluding hydrogens is 261 g/mol. The van der Waals surface area contributed by atoms with Crippen LogP contribution in [-0.4, -0.2) is 10.5 Å². The van der Waals surface area contributed by atoms with E-state index in [1.54, 1.807) is 6.07 Å². The van der Waals surface area contributed by atoms with Crippen LogP contribution in [0, 0.1) is 17.1 Å². The summed E-state index contributed by atoms with van der Waals surface area (Å²) in [5.74, 6) is -0.945. The molecule has 0 saturated carbocycles. The van der Waals surface area contributed by atoms with Crippen LogP contribution in [0.25, 0.3) is 0 Å². The van der Waals surface area contributed by atoms with Crippen LogP contribution < -0.4 is 10.9 Å². The molecule has 0 aliphatic heterocycles. The van der Waals surface area contributed by atoms with Gasteiger partial charge in [0.05, 0.1) is 0 Å². The van der Waals surface area contributed by atoms with E-state index in [4.69, 9.17) is 5.26 Å². The largest absolute Gasteiger partial charge is 0.324 e. The van der Waals surface area contributed by atoms with Crippen molar-refractivity contribution in [1.82, 2.24) is 4.57 Å². The van der Waals surface area contributed by atoms with Gasteiger partial charge in [-0.15, -0.1) is 0 Å². The van der Waals surface area contributed by atoms with Crippen molar-refractivity contribution < 1.29 is 9.18 Å². The number of nitriles is 1. The Morgan fingerprint density at radius 1 is 1.35 bits per heavy atom. The third kappa shape index (κ3) is 3.09. The molecule has 1 amide bonds. The maximum Gasteiger partial charge on any atom is 0.268 e. The fourth-order valence-corrected chi connectivity index (χ4v) is 1.67. The van der Waals surface area contributed by atoms with Gasteiger partial charge in [-0.25, -0.2) is 4.39 Å². The molecule has 1 heterocycles. The quantitative estimate of drug-likeness (QED) is 0.919. The molecule has 0 radical (unpaired) electrons. The number of anilines is 1. The Hall–Kier alpha value is -2.94. The van der Waals surface area contributed by atoms with Gasteiger partial charge in [0, 0.05) is 11.9 Å². The highest BCUT2D eigenvalue weighted by Gasteiger charge is 2.07. The summed E-state index contributed by atoms with van der Waals surface area (Å²) in [7, 11) is 0. The summed E-state index contributed by atoms with van der Waals surface area (Å²) < 4.78 is 14.1. The van der Waals surface area contributed by atoms with Crippen LogP contribution in [0.15, 0.2) is 47.4 Å². The average Bonchev–Trinajstić information content (AvgIpc) is 2.41. The van der Waals surface area contributed by atoms with Crippen molar-refractivity contribution in [3.63, 3.8) is 0 Å². The van der Waals surface area contributed by atoms with Crippen LogP contribution in [-0.2, 0) is 11.3 Å². The molecule has 100 valence electrons. The molecular formula is C14H10FN3O2. The lowest BCUT2D eigenvalue weighted by Gasteiger charge is -2.07. The van der Waals surface area contributed by atoms with Crippen LogP contribution in [0.5, 0.6) is 0 Å². The van der Waals surface area contributed by atoms with Gasteiger partial charge in [-0.1, -0.05) is 6.07 Å². The van der Waals surface area contributed by atoms with Gasteiger partial charge < -0.3 is 9.88 Å². The smallest absolute Gasteiger partial charge is 0.268 e. The lowest BCUT2D eigenvalue weighted by atomic mass is 10.3. The van der Waals surface area contributed by atoms with Crippen molar-refractivity contribution in [2.75, 3.05) is 5.32 Å². The SMILES string of the molecule is N#Cc1cccn(CC(=O)Nc2cccc(F)c2)c1=O. The summed E-state index contributed by atoms with van der Waals surface area (Å²) >= 11 is 0. The molecule has 0 spiro atoms. The summed E-state index contributed by atoms with van der Waals surface area (Å²) in [6.07, 6.45) is 1.41. The average molecular weight is 271 g/mol. The van der Waals surface area contributed by atoms with E-state index in [0.29, 0.717) is 5.69 Å². The van der Waals surface area contributed by atoms with E-state index in [1.807, 2.05) is 0 Å². The number of hydrogen-bond donors (Lipinski definition) is 1. The topological polar surface area (TPSA) is 74.9 Å². The molecule has 6 heteroatoms. The summed E-state index contributed by atoms with van der Waals surface area (Å²) in [6, 6.07) is 10.1. The number of hydrogen-bond acceptors (Lipinski definition) is 3. The number of benzene rings is 1. The van der Waals surface area contributed by atoms with Crippen LogP contribution in [0.3, 0.4) is 0 Å². The Bertz CT molecular complexity index is 747. The third-order valence-corrected chi connectivity index (χ3v) is 2.56. The maximum atomic E-state index is 13.0. The Balaban J connectivity index is 2.13. The molecule has 0 atom stereocenters. The highest BCUT2D eigenvalue weighted by atomic mass is 19.1. The summed E-state index contributed by atoms with van der Waals surface area (Å²) in [6.45, 7) is -0.245. The highest BCUT2D eigenvalue weighted by Crippen LogP contribution is 2.08. The predicted molar refractivity (Wildman–Crippen MR) is 70.4 cm³/mol. The number of amides is 1. The first-order chi connectivity index (χ1) is 9.60. The molecule has 1 aromatic heterocycles. The van der Waals surface area contributed by atoms with Gasteiger partial charge in [-0.2, -0.15) is 5.26 Å². The molecule has 0 aliphatic carbocycles. The van der Waals surface area contributed by atoms with Gasteiger partial charge in [-0.3, -0.25) is 9.59 Å². The Morgan fingerprint density at radius 3 is 2.85 bits per heavy atom. The second-order valence-electron chi connectivity index (χ2n) is 4.03. The third-order valence-electron chi connectivity index (χ3n) is 2.56. The zero-order valence-corrected chi connectivity index (χ0v) is 10.3. The standard InChI is InChI=1S/C14H10FN3O2/c15-11-4-1-5-12(7-11)17-13(19)9-18-6-2-3-10(8-16)14(18)20/h1-7H,9H2,(H,17,19). The fraction of sp³-hybridized carbons (Fsp3) is 0.0714. The Labute approximate surface area is 113 Å². The van der Waals surface area contributed by atoms with E-state index in [1.165, 1.54) is 42.6 Å². The molecule has 2 rings (SSSR count). The van der Waals surface area contributed by atoms with Gasteiger partial charge in [-0.05, 0) is 30.3 Å². The first-order valence-corrected chi connectivity index (χ1v) is 5.75. The lowest BCUT2D eigenvalue weighted by Crippen LogP contribution is -2.28. The van der Waals surface area contributed by atoms with Crippen molar-refractivity contribution >= 4 is 11.6 Å². The number of nitrogens with one attached hydrogen (secondary N) is 1. The van der Waals surface area contributed by atoms with E-state index >= 15 is 0 Å². The zero-order chi connectivity index (χ0) is 14.5. The van der Waals surface area contributed by atoms with Crippen LogP contribution in [0.4, 0.5) is 10.1 Å². The molecule has 1 aromatic carbocycles. The molecule has 2 aromatic rings. The number of carbonyl (C=O) groups is 1. The molecule has 1 N–H and O–H groups in total. The normalized spacial score (nSPS) is 9.80. The van der Waals surface area contributed by atoms with Gasteiger partial charge in [0.2, 0.25) is 5.91 Å². The first-order valence-electron chi connectivity index (χ1n) is 5.75. The monoisotopic (exact) mass is 271 g/mol. The summed E-state index contributed by atoms with van der Waals surface area (Å²) in [4.78, 5) is 23.5. The Morgan fingerprint density at radius 2 is 2.15 bits per heavy atom. The second-order valence-corrected chi connectivity index (χ2v) is 4.03. The number of aromatic nitrogens is 1. The molecule has 0 aliphatic rings. The van der Waals surface area contributed by atoms with Gasteiger partial charge >= 0.3 is 0 Å². The minimum Gasteiger partial charge on any atom is -0.324 e. The molecule has 5 nitrogen and oxygen atoms in total. The highest BCUT2D eigenvalue weighted by molar-refractivity contribution is 5.90. The predicted octanol–water partition coefficient (Wildman–Crippen LogP) is 1.50. The van der Waals surface area contributed by atoms with Crippen LogP contribution >= 0.6 is 0 Å². The number of carbonyl (C=O) groups excluding carboxylic acids is 1. The van der Waals surface area contributed by atoms with Crippen LogP contribution in [0.2, 0.25) is 0 Å². The van der Waals surface area contributed by atoms with E-state index < -0.39 is 17.3 Å². The van der Waals surface area contributed by atoms with Crippen molar-refractivity contribution in [3.8, 4) is 6.07 Å². The lowest BCUT2D eigenvalue weighted by molar-refractivity contribution is -0.116. The second kappa shape index (κ2) is 5.80. The maximum absolute atomic E-state index is 13.0. The molecule has 0 unspecified atom stereocenters. The molecule has 20 heavy (non-hydrogen) atoms. The number of rotatable bonds is 3. The molecule has 0 bridgehead atoms. The van der Waals surface area contributed by atoms with Gasteiger partial charge in [0.1, 0.15) is 24.0 Å². The zero-order valence-electron chi connectivity index (χ0n) is 10.3. The van der Waals surface area contributed by atoms with Crippen molar-refractivity contribution in [2.45, 2.75) is 6.54 Å². The van der Waals surface area contributed by atoms with E-state index in [-0.39, 0.29) is 12.1 Å². The fourth-order valence-electron chi connectivity index (χ4n) is 1.67. The van der Waals surface area contributed by atoms with Crippen molar-refractivity contribution in [2.24, 2.45) is 0 Å². The van der Waals surface area contributed by atoms with Crippen LogP contribution in [0.1, 0.15) is 5.56 Å². The van der Waals surface area contributed by atoms with E-state index in [2.05, 4.69) is 5.32 Å². The first kappa shape index (κ1) is 13.5. The van der Waals surface area contributed by atoms with Crippen molar-refractivity contribution in [3.05, 3.63) is 64.3 Å². The van der Waals surface area contributed by atoms with Crippen molar-refractivity contribution in [1.29, 1.82) is 5.26 Å². The van der Waals surface area contributed by atoms with Gasteiger partial charge in [0.15, 0.2) is 0 Å². The molecule has 0 fully saturated rings. The van der Waals surface area contributed by atoms with E-state index in [9.17, 15) is 14.0 Å². The number of nitrogens with zero attached hydrogens (tertiary/aromatic N) is 2.